The molecule has 10 heavy (non-hydrogen) atoms. The molecule has 4 heteroatoms. The molecule has 0 spiro atoms. The molecule has 0 amide bonds. The summed E-state index contributed by atoms with van der Waals surface area (Å²) in [7, 11) is 0. The monoisotopic (exact) mass is 150 g/mol. The first kappa shape index (κ1) is 7.44. The zero-order chi connectivity index (χ0) is 7.72. The van der Waals surface area contributed by atoms with Gasteiger partial charge < -0.3 is 5.11 Å². The zero-order valence-electron chi connectivity index (χ0n) is 5.26. The molecule has 1 fully saturated rings. The van der Waals surface area contributed by atoms with E-state index >= 15 is 0 Å². The number of alkyl halides is 2. The van der Waals surface area contributed by atoms with Crippen LogP contribution in [0, 0.1) is 11.8 Å². The highest BCUT2D eigenvalue weighted by Gasteiger charge is 2.44. The average Bonchev–Trinajstić information content (AvgIpc) is 2.43. The lowest BCUT2D eigenvalue weighted by Crippen LogP contribution is -2.01. The molecule has 0 unspecified atom stereocenters. The van der Waals surface area contributed by atoms with Crippen molar-refractivity contribution >= 4 is 5.97 Å². The summed E-state index contributed by atoms with van der Waals surface area (Å²) in [5.41, 5.74) is 0. The Hall–Kier alpha value is -0.670. The molecule has 0 aromatic carbocycles. The standard InChI is InChI=1S/C6H8F2O2/c7-5(8)2-3-1-4(3)6(9)10/h3-5H,1-2H2,(H,9,10)/t3-,4+/m1/s1. The minimum Gasteiger partial charge on any atom is -0.481 e. The topological polar surface area (TPSA) is 37.3 Å². The number of carboxylic acids is 1. The van der Waals surface area contributed by atoms with Crippen molar-refractivity contribution in [3.05, 3.63) is 0 Å². The van der Waals surface area contributed by atoms with Gasteiger partial charge in [0.05, 0.1) is 5.92 Å². The van der Waals surface area contributed by atoms with Gasteiger partial charge in [0, 0.05) is 6.42 Å². The van der Waals surface area contributed by atoms with Crippen LogP contribution >= 0.6 is 0 Å². The lowest BCUT2D eigenvalue weighted by Gasteiger charge is -1.93. The summed E-state index contributed by atoms with van der Waals surface area (Å²) in [6.45, 7) is 0. The second-order valence-electron chi connectivity index (χ2n) is 2.57. The molecule has 0 saturated heterocycles. The van der Waals surface area contributed by atoms with Crippen LogP contribution in [0.5, 0.6) is 0 Å². The maximum atomic E-state index is 11.6. The summed E-state index contributed by atoms with van der Waals surface area (Å²) in [5, 5.41) is 8.29. The molecule has 2 nitrogen and oxygen atoms in total. The molecule has 1 N–H and O–H groups in total. The van der Waals surface area contributed by atoms with Gasteiger partial charge in [-0.2, -0.15) is 0 Å². The largest absolute Gasteiger partial charge is 0.481 e. The zero-order valence-corrected chi connectivity index (χ0v) is 5.26. The van der Waals surface area contributed by atoms with Gasteiger partial charge in [0.15, 0.2) is 0 Å². The smallest absolute Gasteiger partial charge is 0.306 e. The van der Waals surface area contributed by atoms with Gasteiger partial charge in [-0.05, 0) is 12.3 Å². The van der Waals surface area contributed by atoms with Gasteiger partial charge in [-0.15, -0.1) is 0 Å². The van der Waals surface area contributed by atoms with E-state index in [0.717, 1.165) is 0 Å². The highest BCUT2D eigenvalue weighted by molar-refractivity contribution is 5.73. The van der Waals surface area contributed by atoms with Gasteiger partial charge in [0.25, 0.3) is 0 Å². The van der Waals surface area contributed by atoms with Gasteiger partial charge in [-0.1, -0.05) is 0 Å². The normalized spacial score (nSPS) is 30.7. The highest BCUT2D eigenvalue weighted by Crippen LogP contribution is 2.42. The molecule has 1 aliphatic carbocycles. The van der Waals surface area contributed by atoms with Crippen molar-refractivity contribution in [1.82, 2.24) is 0 Å². The van der Waals surface area contributed by atoms with Crippen LogP contribution in [0.15, 0.2) is 0 Å². The second-order valence-corrected chi connectivity index (χ2v) is 2.57. The molecular formula is C6H8F2O2. The number of rotatable bonds is 3. The lowest BCUT2D eigenvalue weighted by molar-refractivity contribution is -0.138. The van der Waals surface area contributed by atoms with E-state index in [1.165, 1.54) is 0 Å². The van der Waals surface area contributed by atoms with Crippen LogP contribution in [0.25, 0.3) is 0 Å². The minimum absolute atomic E-state index is 0.253. The summed E-state index contributed by atoms with van der Waals surface area (Å²) in [6.07, 6.45) is -2.18. The Bertz CT molecular complexity index is 147. The Kier molecular flexibility index (Phi) is 1.87. The predicted octanol–water partition coefficient (Wildman–Crippen LogP) is 1.36. The Morgan fingerprint density at radius 1 is 1.70 bits per heavy atom. The molecule has 2 atom stereocenters. The molecule has 1 aliphatic rings. The van der Waals surface area contributed by atoms with Crippen LogP contribution in [0.3, 0.4) is 0 Å². The van der Waals surface area contributed by atoms with E-state index in [1.54, 1.807) is 0 Å². The summed E-state index contributed by atoms with van der Waals surface area (Å²) in [6, 6.07) is 0. The molecule has 0 aromatic rings. The van der Waals surface area contributed by atoms with Crippen LogP contribution in [0.1, 0.15) is 12.8 Å². The quantitative estimate of drug-likeness (QED) is 0.659. The van der Waals surface area contributed by atoms with Crippen molar-refractivity contribution in [3.63, 3.8) is 0 Å². The van der Waals surface area contributed by atoms with Gasteiger partial charge >= 0.3 is 5.97 Å². The molecule has 0 bridgehead atoms. The molecule has 0 heterocycles. The van der Waals surface area contributed by atoms with Crippen molar-refractivity contribution in [3.8, 4) is 0 Å². The fourth-order valence-corrected chi connectivity index (χ4v) is 1.04. The third kappa shape index (κ3) is 1.65. The van der Waals surface area contributed by atoms with Gasteiger partial charge in [-0.3, -0.25) is 4.79 Å². The van der Waals surface area contributed by atoms with E-state index in [1.807, 2.05) is 0 Å². The Labute approximate surface area is 56.8 Å². The SMILES string of the molecule is O=C(O)[C@H]1C[C@@H]1CC(F)F. The Morgan fingerprint density at radius 3 is 2.60 bits per heavy atom. The number of hydrogen-bond acceptors (Lipinski definition) is 1. The molecule has 1 rings (SSSR count). The van der Waals surface area contributed by atoms with Crippen molar-refractivity contribution in [1.29, 1.82) is 0 Å². The molecule has 0 radical (unpaired) electrons. The van der Waals surface area contributed by atoms with E-state index in [2.05, 4.69) is 0 Å². The molecule has 0 aliphatic heterocycles. The Balaban J connectivity index is 2.20. The lowest BCUT2D eigenvalue weighted by atomic mass is 10.2. The minimum atomic E-state index is -2.35. The first-order valence-electron chi connectivity index (χ1n) is 3.12. The van der Waals surface area contributed by atoms with Crippen LogP contribution in [-0.2, 0) is 4.79 Å². The third-order valence-electron chi connectivity index (χ3n) is 1.72. The number of carbonyl (C=O) groups is 1. The van der Waals surface area contributed by atoms with Gasteiger partial charge in [0.2, 0.25) is 6.43 Å². The summed E-state index contributed by atoms with van der Waals surface area (Å²) in [5.74, 6) is -1.70. The molecule has 58 valence electrons. The van der Waals surface area contributed by atoms with Gasteiger partial charge in [0.1, 0.15) is 0 Å². The van der Waals surface area contributed by atoms with E-state index in [9.17, 15) is 13.6 Å². The maximum absolute atomic E-state index is 11.6. The van der Waals surface area contributed by atoms with Crippen LogP contribution < -0.4 is 0 Å². The van der Waals surface area contributed by atoms with E-state index in [4.69, 9.17) is 5.11 Å². The van der Waals surface area contributed by atoms with Crippen molar-refractivity contribution in [2.45, 2.75) is 19.3 Å². The average molecular weight is 150 g/mol. The number of hydrogen-bond donors (Lipinski definition) is 1. The fraction of sp³-hybridized carbons (Fsp3) is 0.833. The van der Waals surface area contributed by atoms with Gasteiger partial charge in [-0.25, -0.2) is 8.78 Å². The first-order valence-corrected chi connectivity index (χ1v) is 3.12. The van der Waals surface area contributed by atoms with E-state index in [-0.39, 0.29) is 12.3 Å². The molecular weight excluding hydrogens is 142 g/mol. The maximum Gasteiger partial charge on any atom is 0.306 e. The highest BCUT2D eigenvalue weighted by atomic mass is 19.3. The van der Waals surface area contributed by atoms with E-state index < -0.39 is 18.3 Å². The van der Waals surface area contributed by atoms with Crippen molar-refractivity contribution in [2.75, 3.05) is 0 Å². The van der Waals surface area contributed by atoms with Crippen LogP contribution in [-0.4, -0.2) is 17.5 Å². The summed E-state index contributed by atoms with van der Waals surface area (Å²) in [4.78, 5) is 10.1. The van der Waals surface area contributed by atoms with Crippen LogP contribution in [0.4, 0.5) is 8.78 Å². The van der Waals surface area contributed by atoms with Crippen molar-refractivity contribution < 1.29 is 18.7 Å². The Morgan fingerprint density at radius 2 is 2.30 bits per heavy atom. The van der Waals surface area contributed by atoms with Crippen molar-refractivity contribution in [2.24, 2.45) is 11.8 Å². The predicted molar refractivity (Wildman–Crippen MR) is 29.9 cm³/mol. The third-order valence-corrected chi connectivity index (χ3v) is 1.72. The summed E-state index contributed by atoms with van der Waals surface area (Å²) >= 11 is 0. The first-order chi connectivity index (χ1) is 4.61. The van der Waals surface area contributed by atoms with E-state index in [0.29, 0.717) is 6.42 Å². The summed E-state index contributed by atoms with van der Waals surface area (Å²) < 4.78 is 23.1. The molecule has 1 saturated carbocycles. The fourth-order valence-electron chi connectivity index (χ4n) is 1.04. The second kappa shape index (κ2) is 2.52. The molecule has 0 aromatic heterocycles. The van der Waals surface area contributed by atoms with Crippen LogP contribution in [0.2, 0.25) is 0 Å². The number of halogens is 2. The number of aliphatic carboxylic acids is 1. The number of carboxylic acid groups (broad SMARTS) is 1.